The largest absolute Gasteiger partial charge is 0.361 e. The van der Waals surface area contributed by atoms with Crippen LogP contribution in [-0.2, 0) is 0 Å². The van der Waals surface area contributed by atoms with E-state index in [1.54, 1.807) is 11.5 Å². The van der Waals surface area contributed by atoms with Gasteiger partial charge in [-0.15, -0.1) is 0 Å². The molecule has 0 saturated heterocycles. The summed E-state index contributed by atoms with van der Waals surface area (Å²) in [4.78, 5) is 10.5. The Bertz CT molecular complexity index is 2400. The van der Waals surface area contributed by atoms with E-state index in [4.69, 9.17) is 9.36 Å². The molecule has 49 heavy (non-hydrogen) atoms. The van der Waals surface area contributed by atoms with Crippen molar-refractivity contribution >= 4 is 62.1 Å². The molecule has 5 nitrogen and oxygen atoms in total. The number of nitrogens with zero attached hydrogens (tertiary/aromatic N) is 5. The second kappa shape index (κ2) is 12.3. The maximum Gasteiger partial charge on any atom is 0.246 e. The van der Waals surface area contributed by atoms with Crippen molar-refractivity contribution in [1.29, 1.82) is 0 Å². The van der Waals surface area contributed by atoms with Crippen LogP contribution >= 0.6 is 11.5 Å². The molecule has 9 rings (SSSR count). The first kappa shape index (κ1) is 29.2. The standard InChI is InChI=1S/C42H32BN5S/c1-46-25-26-47(29-46)34-18-12-17-32(27-34)43(40-41(30-13-4-2-5-14-30)45-49-42(40)31-15-6-3-7-16-31)33-22-23-36-35-19-8-9-20-37(35)48(38(36)28-33)39-21-10-11-24-44-39/h2-28H,29H2,1H3. The molecule has 8 aromatic rings. The van der Waals surface area contributed by atoms with E-state index in [1.165, 1.54) is 37.6 Å². The lowest BCUT2D eigenvalue weighted by molar-refractivity contribution is 0.496. The number of pyridine rings is 1. The van der Waals surface area contributed by atoms with Gasteiger partial charge in [-0.3, -0.25) is 4.57 Å². The summed E-state index contributed by atoms with van der Waals surface area (Å²) in [6, 6.07) is 52.1. The van der Waals surface area contributed by atoms with Gasteiger partial charge in [0.1, 0.15) is 5.82 Å². The van der Waals surface area contributed by atoms with E-state index in [9.17, 15) is 0 Å². The van der Waals surface area contributed by atoms with Crippen LogP contribution in [0.5, 0.6) is 0 Å². The molecule has 0 amide bonds. The summed E-state index contributed by atoms with van der Waals surface area (Å²) in [6.07, 6.45) is 6.15. The molecule has 0 atom stereocenters. The number of hydrogen-bond donors (Lipinski definition) is 0. The Morgan fingerprint density at radius 3 is 2.14 bits per heavy atom. The van der Waals surface area contributed by atoms with Crippen LogP contribution in [0, 0.1) is 0 Å². The lowest BCUT2D eigenvalue weighted by Gasteiger charge is -2.22. The second-order valence-electron chi connectivity index (χ2n) is 12.5. The Kier molecular flexibility index (Phi) is 7.32. The molecule has 3 aromatic heterocycles. The Hall–Kier alpha value is -5.92. The summed E-state index contributed by atoms with van der Waals surface area (Å²) < 4.78 is 7.51. The third-order valence-electron chi connectivity index (χ3n) is 9.42. The van der Waals surface area contributed by atoms with Gasteiger partial charge in [-0.25, -0.2) is 4.98 Å². The molecule has 0 spiro atoms. The SMILES string of the molecule is CN1C=CN(c2cccc(B(c3ccc4c5ccccc5n(-c5ccccn5)c4c3)c3c(-c4ccccc4)nsc3-c3ccccc3)c2)C1. The highest BCUT2D eigenvalue weighted by Crippen LogP contribution is 2.32. The van der Waals surface area contributed by atoms with Crippen LogP contribution in [0.25, 0.3) is 49.3 Å². The van der Waals surface area contributed by atoms with E-state index >= 15 is 0 Å². The minimum Gasteiger partial charge on any atom is -0.361 e. The van der Waals surface area contributed by atoms with Gasteiger partial charge >= 0.3 is 0 Å². The average Bonchev–Trinajstić information content (AvgIpc) is 3.89. The summed E-state index contributed by atoms with van der Waals surface area (Å²) in [5.74, 6) is 0.904. The van der Waals surface area contributed by atoms with Crippen LogP contribution in [0.3, 0.4) is 0 Å². The number of fused-ring (bicyclic) bond motifs is 3. The van der Waals surface area contributed by atoms with Crippen LogP contribution in [0.15, 0.2) is 164 Å². The van der Waals surface area contributed by atoms with Crippen molar-refractivity contribution in [2.24, 2.45) is 0 Å². The van der Waals surface area contributed by atoms with E-state index in [1.807, 2.05) is 12.3 Å². The summed E-state index contributed by atoms with van der Waals surface area (Å²) in [6.45, 7) is 0.711. The minimum absolute atomic E-state index is 0.104. The summed E-state index contributed by atoms with van der Waals surface area (Å²) >= 11 is 1.59. The molecular weight excluding hydrogens is 617 g/mol. The van der Waals surface area contributed by atoms with Crippen molar-refractivity contribution in [1.82, 2.24) is 18.8 Å². The molecule has 0 bridgehead atoms. The highest BCUT2D eigenvalue weighted by atomic mass is 32.1. The highest BCUT2D eigenvalue weighted by molar-refractivity contribution is 7.14. The monoisotopic (exact) mass is 649 g/mol. The molecule has 0 fully saturated rings. The van der Waals surface area contributed by atoms with Crippen molar-refractivity contribution < 1.29 is 0 Å². The van der Waals surface area contributed by atoms with Crippen LogP contribution in [0.2, 0.25) is 0 Å². The zero-order valence-corrected chi connectivity index (χ0v) is 27.8. The van der Waals surface area contributed by atoms with Gasteiger partial charge < -0.3 is 9.80 Å². The molecule has 0 saturated carbocycles. The zero-order chi connectivity index (χ0) is 32.7. The fourth-order valence-corrected chi connectivity index (χ4v) is 8.11. The van der Waals surface area contributed by atoms with Gasteiger partial charge in [0.05, 0.1) is 28.3 Å². The van der Waals surface area contributed by atoms with Gasteiger partial charge in [0.25, 0.3) is 0 Å². The Balaban J connectivity index is 1.34. The maximum absolute atomic E-state index is 5.20. The second-order valence-corrected chi connectivity index (χ2v) is 13.3. The molecule has 234 valence electrons. The molecule has 4 heterocycles. The van der Waals surface area contributed by atoms with Crippen molar-refractivity contribution in [2.75, 3.05) is 18.6 Å². The maximum atomic E-state index is 5.20. The minimum atomic E-state index is -0.104. The molecule has 0 N–H and O–H groups in total. The molecule has 0 radical (unpaired) electrons. The molecule has 5 aromatic carbocycles. The topological polar surface area (TPSA) is 37.2 Å². The van der Waals surface area contributed by atoms with Crippen molar-refractivity contribution in [3.63, 3.8) is 0 Å². The van der Waals surface area contributed by atoms with Gasteiger partial charge in [-0.05, 0) is 59.0 Å². The molecule has 1 aliphatic heterocycles. The number of para-hydroxylation sites is 1. The van der Waals surface area contributed by atoms with Crippen LogP contribution < -0.4 is 21.3 Å². The van der Waals surface area contributed by atoms with Gasteiger partial charge in [0.15, 0.2) is 0 Å². The van der Waals surface area contributed by atoms with E-state index in [2.05, 4.69) is 173 Å². The highest BCUT2D eigenvalue weighted by Gasteiger charge is 2.32. The van der Waals surface area contributed by atoms with Crippen molar-refractivity contribution in [2.45, 2.75) is 0 Å². The van der Waals surface area contributed by atoms with Gasteiger partial charge in [0.2, 0.25) is 6.71 Å². The van der Waals surface area contributed by atoms with Crippen LogP contribution in [0.1, 0.15) is 0 Å². The normalized spacial score (nSPS) is 12.8. The molecule has 0 aliphatic carbocycles. The molecule has 7 heteroatoms. The van der Waals surface area contributed by atoms with E-state index in [-0.39, 0.29) is 6.71 Å². The van der Waals surface area contributed by atoms with Crippen LogP contribution in [-0.4, -0.2) is 39.3 Å². The number of rotatable bonds is 7. The Labute approximate surface area is 290 Å². The first-order valence-electron chi connectivity index (χ1n) is 16.5. The van der Waals surface area contributed by atoms with E-state index in [0.717, 1.165) is 40.5 Å². The predicted octanol–water partition coefficient (Wildman–Crippen LogP) is 7.67. The number of hydrogen-bond acceptors (Lipinski definition) is 5. The van der Waals surface area contributed by atoms with Crippen molar-refractivity contribution in [3.05, 3.63) is 164 Å². The molecular formula is C42H32BN5S. The third-order valence-corrected chi connectivity index (χ3v) is 10.3. The van der Waals surface area contributed by atoms with Gasteiger partial charge in [0, 0.05) is 47.7 Å². The summed E-state index contributed by atoms with van der Waals surface area (Å²) in [5.41, 5.74) is 10.4. The lowest BCUT2D eigenvalue weighted by Crippen LogP contribution is -2.53. The fraction of sp³-hybridized carbons (Fsp3) is 0.0476. The quantitative estimate of drug-likeness (QED) is 0.166. The average molecular weight is 650 g/mol. The lowest BCUT2D eigenvalue weighted by atomic mass is 9.36. The van der Waals surface area contributed by atoms with Crippen LogP contribution in [0.4, 0.5) is 5.69 Å². The van der Waals surface area contributed by atoms with E-state index in [0.29, 0.717) is 0 Å². The molecule has 0 unspecified atom stereocenters. The van der Waals surface area contributed by atoms with Crippen molar-refractivity contribution in [3.8, 4) is 27.5 Å². The van der Waals surface area contributed by atoms with Gasteiger partial charge in [-0.2, -0.15) is 4.37 Å². The summed E-state index contributed by atoms with van der Waals surface area (Å²) in [5, 5.41) is 2.42. The smallest absolute Gasteiger partial charge is 0.246 e. The first-order valence-corrected chi connectivity index (χ1v) is 17.3. The summed E-state index contributed by atoms with van der Waals surface area (Å²) in [7, 11) is 2.11. The fourth-order valence-electron chi connectivity index (χ4n) is 7.17. The third kappa shape index (κ3) is 5.20. The predicted molar refractivity (Wildman–Crippen MR) is 207 cm³/mol. The number of benzene rings is 5. The Morgan fingerprint density at radius 2 is 1.37 bits per heavy atom. The first-order chi connectivity index (χ1) is 24.2. The van der Waals surface area contributed by atoms with E-state index < -0.39 is 0 Å². The van der Waals surface area contributed by atoms with Gasteiger partial charge in [-0.1, -0.05) is 120 Å². The zero-order valence-electron chi connectivity index (χ0n) is 27.0. The Morgan fingerprint density at radius 1 is 0.633 bits per heavy atom. The molecule has 1 aliphatic rings. The number of anilines is 1. The number of aromatic nitrogens is 3.